The number of rotatable bonds is 3. The Morgan fingerprint density at radius 2 is 1.35 bits per heavy atom. The number of nitrogens with one attached hydrogen (secondary N) is 1. The number of para-hydroxylation sites is 2. The molecule has 102 valence electrons. The summed E-state index contributed by atoms with van der Waals surface area (Å²) in [5.74, 6) is 2.98. The van der Waals surface area contributed by atoms with Gasteiger partial charge in [0.2, 0.25) is 0 Å². The van der Waals surface area contributed by atoms with Crippen LogP contribution in [0.2, 0.25) is 0 Å². The molecule has 20 heavy (non-hydrogen) atoms. The molecule has 0 aliphatic heterocycles. The highest BCUT2D eigenvalue weighted by Gasteiger charge is 1.99. The minimum atomic E-state index is 0.993. The van der Waals surface area contributed by atoms with Gasteiger partial charge in [0.05, 0.1) is 11.9 Å². The first kappa shape index (κ1) is 14.1. The zero-order valence-corrected chi connectivity index (χ0v) is 12.5. The third-order valence-electron chi connectivity index (χ3n) is 3.38. The standard InChI is InChI=1S/C18H20N2/c1-13-7-5-8-14(2)17(13)19-11-12-20-18-15(3)9-6-10-16(18)4/h5-11,19H,1-4H3. The van der Waals surface area contributed by atoms with E-state index >= 15 is 0 Å². The van der Waals surface area contributed by atoms with Gasteiger partial charge in [-0.2, -0.15) is 0 Å². The van der Waals surface area contributed by atoms with E-state index in [1.807, 2.05) is 6.07 Å². The normalized spacial score (nSPS) is 9.80. The zero-order valence-electron chi connectivity index (χ0n) is 12.5. The van der Waals surface area contributed by atoms with Gasteiger partial charge in [-0.25, -0.2) is 4.99 Å². The predicted octanol–water partition coefficient (Wildman–Crippen LogP) is 4.85. The Kier molecular flexibility index (Phi) is 4.39. The van der Waals surface area contributed by atoms with Crippen LogP contribution in [0.15, 0.2) is 47.6 Å². The molecule has 1 N–H and O–H groups in total. The molecule has 0 bridgehead atoms. The van der Waals surface area contributed by atoms with Gasteiger partial charge in [0.25, 0.3) is 0 Å². The molecule has 0 spiro atoms. The van der Waals surface area contributed by atoms with Gasteiger partial charge < -0.3 is 5.32 Å². The average Bonchev–Trinajstić information content (AvgIpc) is 2.40. The third kappa shape index (κ3) is 3.17. The monoisotopic (exact) mass is 264 g/mol. The second-order valence-electron chi connectivity index (χ2n) is 5.04. The fourth-order valence-electron chi connectivity index (χ4n) is 2.23. The van der Waals surface area contributed by atoms with Crippen molar-refractivity contribution in [3.05, 3.63) is 64.9 Å². The summed E-state index contributed by atoms with van der Waals surface area (Å²) in [5, 5.41) is 3.26. The summed E-state index contributed by atoms with van der Waals surface area (Å²) in [4.78, 5) is 4.41. The lowest BCUT2D eigenvalue weighted by molar-refractivity contribution is 1.33. The Hall–Kier alpha value is -2.31. The number of aryl methyl sites for hydroxylation is 4. The topological polar surface area (TPSA) is 24.4 Å². The maximum absolute atomic E-state index is 4.41. The van der Waals surface area contributed by atoms with E-state index in [1.165, 1.54) is 11.1 Å². The Labute approximate surface area is 120 Å². The number of hydrogen-bond donors (Lipinski definition) is 1. The lowest BCUT2D eigenvalue weighted by atomic mass is 10.1. The second kappa shape index (κ2) is 6.23. The molecule has 2 aromatic carbocycles. The van der Waals surface area contributed by atoms with Crippen LogP contribution in [-0.2, 0) is 0 Å². The van der Waals surface area contributed by atoms with E-state index < -0.39 is 0 Å². The third-order valence-corrected chi connectivity index (χ3v) is 3.38. The van der Waals surface area contributed by atoms with Crippen molar-refractivity contribution in [1.82, 2.24) is 0 Å². The molecule has 0 saturated heterocycles. The van der Waals surface area contributed by atoms with Crippen molar-refractivity contribution in [1.29, 1.82) is 0 Å². The average molecular weight is 264 g/mol. The molecular formula is C18H20N2. The second-order valence-corrected chi connectivity index (χ2v) is 5.04. The molecule has 0 aliphatic carbocycles. The van der Waals surface area contributed by atoms with Crippen LogP contribution in [-0.4, -0.2) is 5.87 Å². The number of benzene rings is 2. The molecule has 0 unspecified atom stereocenters. The Morgan fingerprint density at radius 1 is 0.850 bits per heavy atom. The van der Waals surface area contributed by atoms with Crippen LogP contribution in [0.3, 0.4) is 0 Å². The van der Waals surface area contributed by atoms with Crippen molar-refractivity contribution in [3.63, 3.8) is 0 Å². The van der Waals surface area contributed by atoms with Gasteiger partial charge >= 0.3 is 0 Å². The van der Waals surface area contributed by atoms with Crippen molar-refractivity contribution in [2.45, 2.75) is 27.7 Å². The van der Waals surface area contributed by atoms with E-state index in [0.717, 1.165) is 22.5 Å². The fourth-order valence-corrected chi connectivity index (χ4v) is 2.23. The molecule has 0 atom stereocenters. The van der Waals surface area contributed by atoms with Crippen molar-refractivity contribution in [3.8, 4) is 0 Å². The first-order valence-corrected chi connectivity index (χ1v) is 6.76. The zero-order chi connectivity index (χ0) is 14.5. The van der Waals surface area contributed by atoms with E-state index in [9.17, 15) is 0 Å². The Balaban J connectivity index is 2.20. The van der Waals surface area contributed by atoms with Crippen LogP contribution in [0.25, 0.3) is 0 Å². The van der Waals surface area contributed by atoms with E-state index in [4.69, 9.17) is 0 Å². The van der Waals surface area contributed by atoms with Crippen molar-refractivity contribution in [2.75, 3.05) is 5.32 Å². The molecule has 2 heteroatoms. The van der Waals surface area contributed by atoms with E-state index in [-0.39, 0.29) is 0 Å². The largest absolute Gasteiger partial charge is 0.353 e. The smallest absolute Gasteiger partial charge is 0.0788 e. The molecule has 2 aromatic rings. The molecule has 0 aliphatic rings. The summed E-state index contributed by atoms with van der Waals surface area (Å²) >= 11 is 0. The highest BCUT2D eigenvalue weighted by Crippen LogP contribution is 2.22. The van der Waals surface area contributed by atoms with Gasteiger partial charge in [-0.1, -0.05) is 36.4 Å². The highest BCUT2D eigenvalue weighted by atomic mass is 14.9. The van der Waals surface area contributed by atoms with E-state index in [0.29, 0.717) is 0 Å². The van der Waals surface area contributed by atoms with Crippen LogP contribution < -0.4 is 5.32 Å². The molecule has 0 radical (unpaired) electrons. The molecule has 2 nitrogen and oxygen atoms in total. The maximum atomic E-state index is 4.41. The Bertz CT molecular complexity index is 637. The molecule has 2 rings (SSSR count). The molecule has 0 amide bonds. The van der Waals surface area contributed by atoms with Crippen LogP contribution >= 0.6 is 0 Å². The van der Waals surface area contributed by atoms with Gasteiger partial charge in [-0.15, -0.1) is 0 Å². The molecule has 0 saturated carbocycles. The van der Waals surface area contributed by atoms with Crippen molar-refractivity contribution >= 4 is 17.2 Å². The van der Waals surface area contributed by atoms with Gasteiger partial charge in [-0.3, -0.25) is 0 Å². The molecule has 0 heterocycles. The predicted molar refractivity (Wildman–Crippen MR) is 87.1 cm³/mol. The quantitative estimate of drug-likeness (QED) is 0.787. The maximum Gasteiger partial charge on any atom is 0.0788 e. The van der Waals surface area contributed by atoms with Crippen LogP contribution in [0.5, 0.6) is 0 Å². The minimum Gasteiger partial charge on any atom is -0.353 e. The summed E-state index contributed by atoms with van der Waals surface area (Å²) in [6, 6.07) is 12.4. The van der Waals surface area contributed by atoms with E-state index in [1.54, 1.807) is 6.20 Å². The highest BCUT2D eigenvalue weighted by molar-refractivity contribution is 5.68. The van der Waals surface area contributed by atoms with Gasteiger partial charge in [0.15, 0.2) is 0 Å². The summed E-state index contributed by atoms with van der Waals surface area (Å²) < 4.78 is 0. The fraction of sp³-hybridized carbons (Fsp3) is 0.222. The summed E-state index contributed by atoms with van der Waals surface area (Å²) in [5.41, 5.74) is 6.88. The molecular weight excluding hydrogens is 244 g/mol. The summed E-state index contributed by atoms with van der Waals surface area (Å²) in [7, 11) is 0. The minimum absolute atomic E-state index is 0.993. The van der Waals surface area contributed by atoms with E-state index in [2.05, 4.69) is 74.2 Å². The van der Waals surface area contributed by atoms with Gasteiger partial charge in [0, 0.05) is 11.6 Å². The lowest BCUT2D eigenvalue weighted by Crippen LogP contribution is -1.93. The van der Waals surface area contributed by atoms with Gasteiger partial charge in [0.1, 0.15) is 0 Å². The first-order chi connectivity index (χ1) is 9.59. The van der Waals surface area contributed by atoms with Crippen LogP contribution in [0, 0.1) is 27.7 Å². The number of nitrogens with zero attached hydrogens (tertiary/aromatic N) is 1. The number of aliphatic imine (C=N–C) groups is 1. The van der Waals surface area contributed by atoms with Crippen LogP contribution in [0.1, 0.15) is 22.3 Å². The summed E-state index contributed by atoms with van der Waals surface area (Å²) in [6.45, 7) is 8.30. The molecule has 0 fully saturated rings. The summed E-state index contributed by atoms with van der Waals surface area (Å²) in [6.07, 6.45) is 1.77. The van der Waals surface area contributed by atoms with Gasteiger partial charge in [-0.05, 0) is 49.9 Å². The van der Waals surface area contributed by atoms with Crippen molar-refractivity contribution < 1.29 is 0 Å². The van der Waals surface area contributed by atoms with Crippen LogP contribution in [0.4, 0.5) is 11.4 Å². The molecule has 0 aromatic heterocycles. The number of hydrogen-bond acceptors (Lipinski definition) is 2. The first-order valence-electron chi connectivity index (χ1n) is 6.76. The Morgan fingerprint density at radius 3 is 1.90 bits per heavy atom. The lowest BCUT2D eigenvalue weighted by Gasteiger charge is -2.07. The van der Waals surface area contributed by atoms with Crippen molar-refractivity contribution in [2.24, 2.45) is 4.99 Å². The number of anilines is 1. The SMILES string of the molecule is Cc1cccc(C)c1N=C=CNc1c(C)cccc1C.